The zero-order valence-electron chi connectivity index (χ0n) is 10.5. The monoisotopic (exact) mass is 235 g/mol. The molecule has 0 spiro atoms. The lowest BCUT2D eigenvalue weighted by Crippen LogP contribution is -2.17. The van der Waals surface area contributed by atoms with Crippen LogP contribution in [-0.2, 0) is 4.79 Å². The van der Waals surface area contributed by atoms with Crippen LogP contribution in [0.5, 0.6) is 11.5 Å². The summed E-state index contributed by atoms with van der Waals surface area (Å²) in [6.45, 7) is 3.34. The van der Waals surface area contributed by atoms with Gasteiger partial charge < -0.3 is 14.8 Å². The molecule has 92 valence electrons. The number of carbonyl (C=O) groups excluding carboxylic acids is 1. The van der Waals surface area contributed by atoms with Crippen molar-refractivity contribution >= 4 is 11.6 Å². The molecule has 0 unspecified atom stereocenters. The quantitative estimate of drug-likeness (QED) is 0.870. The second kappa shape index (κ2) is 5.94. The lowest BCUT2D eigenvalue weighted by Gasteiger charge is -2.12. The van der Waals surface area contributed by atoms with Gasteiger partial charge in [0.25, 0.3) is 0 Å². The minimum atomic E-state index is -0.104. The molecule has 0 atom stereocenters. The number of hydrogen-bond donors (Lipinski definition) is 1. The molecule has 0 saturated heterocycles. The van der Waals surface area contributed by atoms with E-state index in [4.69, 9.17) is 9.47 Å². The fourth-order valence-corrected chi connectivity index (χ4v) is 1.50. The molecule has 0 aliphatic rings. The Labute approximate surface area is 101 Å². The Balaban J connectivity index is 3.09. The summed E-state index contributed by atoms with van der Waals surface area (Å²) in [7, 11) is 3.16. The number of allylic oxidation sites excluding steroid dienone is 1. The summed E-state index contributed by atoms with van der Waals surface area (Å²) in [5.74, 6) is 1.19. The minimum Gasteiger partial charge on any atom is -0.493 e. The lowest BCUT2D eigenvalue weighted by atomic mass is 10.1. The van der Waals surface area contributed by atoms with Crippen molar-refractivity contribution in [1.82, 2.24) is 5.32 Å². The molecule has 0 bridgehead atoms. The van der Waals surface area contributed by atoms with E-state index in [0.29, 0.717) is 11.5 Å². The van der Waals surface area contributed by atoms with Crippen molar-refractivity contribution in [1.29, 1.82) is 0 Å². The van der Waals surface area contributed by atoms with E-state index in [2.05, 4.69) is 5.32 Å². The van der Waals surface area contributed by atoms with Crippen LogP contribution >= 0.6 is 0 Å². The van der Waals surface area contributed by atoms with Gasteiger partial charge in [-0.25, -0.2) is 0 Å². The second-order valence-corrected chi connectivity index (χ2v) is 3.45. The minimum absolute atomic E-state index is 0.104. The summed E-state index contributed by atoms with van der Waals surface area (Å²) in [5.41, 5.74) is 1.62. The van der Waals surface area contributed by atoms with Crippen molar-refractivity contribution in [2.45, 2.75) is 13.8 Å². The number of methoxy groups -OCH3 is 2. The molecule has 0 saturated carbocycles. The van der Waals surface area contributed by atoms with Crippen molar-refractivity contribution in [2.75, 3.05) is 14.2 Å². The molecular formula is C13H17NO3. The second-order valence-electron chi connectivity index (χ2n) is 3.45. The Morgan fingerprint density at radius 2 is 1.88 bits per heavy atom. The fourth-order valence-electron chi connectivity index (χ4n) is 1.50. The summed E-state index contributed by atoms with van der Waals surface area (Å²) in [6, 6.07) is 5.50. The van der Waals surface area contributed by atoms with Crippen LogP contribution in [-0.4, -0.2) is 20.1 Å². The first-order valence-electron chi connectivity index (χ1n) is 5.28. The van der Waals surface area contributed by atoms with Crippen LogP contribution in [0.15, 0.2) is 24.3 Å². The third-order valence-corrected chi connectivity index (χ3v) is 2.29. The number of benzene rings is 1. The highest BCUT2D eigenvalue weighted by Crippen LogP contribution is 2.29. The Bertz CT molecular complexity index is 438. The number of ether oxygens (including phenoxy) is 2. The topological polar surface area (TPSA) is 47.6 Å². The van der Waals surface area contributed by atoms with E-state index in [1.807, 2.05) is 25.1 Å². The predicted octanol–water partition coefficient (Wildman–Crippen LogP) is 2.20. The van der Waals surface area contributed by atoms with Crippen LogP contribution in [0, 0.1) is 0 Å². The van der Waals surface area contributed by atoms with E-state index in [0.717, 1.165) is 11.3 Å². The summed E-state index contributed by atoms with van der Waals surface area (Å²) < 4.78 is 10.4. The molecule has 0 aromatic heterocycles. The van der Waals surface area contributed by atoms with Crippen molar-refractivity contribution in [3.05, 3.63) is 29.8 Å². The highest BCUT2D eigenvalue weighted by Gasteiger charge is 2.08. The predicted molar refractivity (Wildman–Crippen MR) is 67.0 cm³/mol. The Kier molecular flexibility index (Phi) is 4.57. The molecule has 1 N–H and O–H groups in total. The molecule has 17 heavy (non-hydrogen) atoms. The summed E-state index contributed by atoms with van der Waals surface area (Å²) in [6.07, 6.45) is 1.84. The summed E-state index contributed by atoms with van der Waals surface area (Å²) >= 11 is 0. The van der Waals surface area contributed by atoms with Gasteiger partial charge in [0.15, 0.2) is 11.5 Å². The van der Waals surface area contributed by atoms with Gasteiger partial charge in [-0.2, -0.15) is 0 Å². The molecule has 4 nitrogen and oxygen atoms in total. The lowest BCUT2D eigenvalue weighted by molar-refractivity contribution is -0.117. The van der Waals surface area contributed by atoms with E-state index in [-0.39, 0.29) is 5.91 Å². The first kappa shape index (κ1) is 13.1. The standard InChI is InChI=1S/C13H17NO3/c1-5-11(14-9(2)15)10-6-7-12(16-3)13(8-10)17-4/h5-8H,1-4H3,(H,14,15)/b11-5+. The first-order chi connectivity index (χ1) is 8.12. The largest absolute Gasteiger partial charge is 0.493 e. The van der Waals surface area contributed by atoms with Crippen LogP contribution in [0.2, 0.25) is 0 Å². The SMILES string of the molecule is C/C=C(/NC(C)=O)c1ccc(OC)c(OC)c1. The molecule has 1 amide bonds. The molecule has 0 fully saturated rings. The van der Waals surface area contributed by atoms with Crippen LogP contribution in [0.25, 0.3) is 5.70 Å². The Morgan fingerprint density at radius 1 is 1.24 bits per heavy atom. The molecule has 1 aromatic rings. The van der Waals surface area contributed by atoms with E-state index in [9.17, 15) is 4.79 Å². The third-order valence-electron chi connectivity index (χ3n) is 2.29. The first-order valence-corrected chi connectivity index (χ1v) is 5.28. The zero-order valence-corrected chi connectivity index (χ0v) is 10.5. The number of rotatable bonds is 4. The van der Waals surface area contributed by atoms with Gasteiger partial charge in [-0.05, 0) is 25.1 Å². The average Bonchev–Trinajstić information content (AvgIpc) is 2.34. The maximum atomic E-state index is 11.1. The number of carbonyl (C=O) groups is 1. The van der Waals surface area contributed by atoms with E-state index in [1.54, 1.807) is 20.3 Å². The molecule has 0 radical (unpaired) electrons. The number of hydrogen-bond acceptors (Lipinski definition) is 3. The maximum absolute atomic E-state index is 11.1. The van der Waals surface area contributed by atoms with Crippen LogP contribution in [0.1, 0.15) is 19.4 Å². The van der Waals surface area contributed by atoms with Crippen LogP contribution in [0.3, 0.4) is 0 Å². The van der Waals surface area contributed by atoms with Gasteiger partial charge >= 0.3 is 0 Å². The van der Waals surface area contributed by atoms with E-state index in [1.165, 1.54) is 6.92 Å². The van der Waals surface area contributed by atoms with Gasteiger partial charge in [0.05, 0.1) is 14.2 Å². The molecule has 1 aromatic carbocycles. The van der Waals surface area contributed by atoms with Gasteiger partial charge in [0.2, 0.25) is 5.91 Å². The van der Waals surface area contributed by atoms with E-state index < -0.39 is 0 Å². The van der Waals surface area contributed by atoms with Crippen molar-refractivity contribution in [3.8, 4) is 11.5 Å². The molecule has 0 heterocycles. The number of nitrogens with one attached hydrogen (secondary N) is 1. The van der Waals surface area contributed by atoms with Crippen molar-refractivity contribution in [3.63, 3.8) is 0 Å². The highest BCUT2D eigenvalue weighted by atomic mass is 16.5. The highest BCUT2D eigenvalue weighted by molar-refractivity contribution is 5.85. The molecule has 4 heteroatoms. The third kappa shape index (κ3) is 3.24. The number of amides is 1. The van der Waals surface area contributed by atoms with Crippen LogP contribution in [0.4, 0.5) is 0 Å². The van der Waals surface area contributed by atoms with Gasteiger partial charge in [0.1, 0.15) is 0 Å². The fraction of sp³-hybridized carbons (Fsp3) is 0.308. The van der Waals surface area contributed by atoms with Gasteiger partial charge in [0, 0.05) is 18.2 Å². The smallest absolute Gasteiger partial charge is 0.221 e. The molecule has 0 aliphatic carbocycles. The van der Waals surface area contributed by atoms with Crippen molar-refractivity contribution < 1.29 is 14.3 Å². The van der Waals surface area contributed by atoms with Gasteiger partial charge in [-0.3, -0.25) is 4.79 Å². The summed E-state index contributed by atoms with van der Waals surface area (Å²) in [5, 5.41) is 2.76. The van der Waals surface area contributed by atoms with Gasteiger partial charge in [-0.1, -0.05) is 6.08 Å². The zero-order chi connectivity index (χ0) is 12.8. The molecule has 0 aliphatic heterocycles. The van der Waals surface area contributed by atoms with Crippen molar-refractivity contribution in [2.24, 2.45) is 0 Å². The van der Waals surface area contributed by atoms with Gasteiger partial charge in [-0.15, -0.1) is 0 Å². The molecule has 1 rings (SSSR count). The molecular weight excluding hydrogens is 218 g/mol. The van der Waals surface area contributed by atoms with Crippen LogP contribution < -0.4 is 14.8 Å². The van der Waals surface area contributed by atoms with E-state index >= 15 is 0 Å². The normalized spacial score (nSPS) is 10.9. The maximum Gasteiger partial charge on any atom is 0.221 e. The Hall–Kier alpha value is -1.97. The average molecular weight is 235 g/mol. The summed E-state index contributed by atoms with van der Waals surface area (Å²) in [4.78, 5) is 11.1. The Morgan fingerprint density at radius 3 is 2.35 bits per heavy atom.